The highest BCUT2D eigenvalue weighted by Gasteiger charge is 2.21. The fourth-order valence-electron chi connectivity index (χ4n) is 2.05. The Morgan fingerprint density at radius 1 is 1.47 bits per heavy atom. The molecule has 0 unspecified atom stereocenters. The zero-order chi connectivity index (χ0) is 14.0. The average molecular weight is 260 g/mol. The van der Waals surface area contributed by atoms with Gasteiger partial charge in [0.1, 0.15) is 5.82 Å². The second-order valence-corrected chi connectivity index (χ2v) is 5.42. The van der Waals surface area contributed by atoms with E-state index >= 15 is 0 Å². The van der Waals surface area contributed by atoms with E-state index in [-0.39, 0.29) is 17.9 Å². The maximum absolute atomic E-state index is 11.3. The molecule has 1 heterocycles. The van der Waals surface area contributed by atoms with Crippen molar-refractivity contribution in [3.8, 4) is 0 Å². The number of nitrogens with two attached hydrogens (primary N) is 1. The first-order valence-electron chi connectivity index (χ1n) is 6.36. The number of H-pyrrole nitrogens is 1. The summed E-state index contributed by atoms with van der Waals surface area (Å²) in [6.45, 7) is 6.70. The van der Waals surface area contributed by atoms with Gasteiger partial charge < -0.3 is 16.0 Å². The Bertz CT molecular complexity index is 601. The molecule has 0 spiro atoms. The fourth-order valence-corrected chi connectivity index (χ4v) is 2.05. The summed E-state index contributed by atoms with van der Waals surface area (Å²) in [6, 6.07) is 6.14. The number of rotatable bonds is 4. The van der Waals surface area contributed by atoms with Crippen molar-refractivity contribution in [2.45, 2.75) is 26.2 Å². The number of amides is 1. The van der Waals surface area contributed by atoms with Crippen LogP contribution < -0.4 is 11.1 Å². The van der Waals surface area contributed by atoms with Gasteiger partial charge in [-0.3, -0.25) is 4.79 Å². The van der Waals surface area contributed by atoms with E-state index in [9.17, 15) is 4.79 Å². The van der Waals surface area contributed by atoms with E-state index in [0.29, 0.717) is 6.54 Å². The Balaban J connectivity index is 2.23. The predicted molar refractivity (Wildman–Crippen MR) is 75.9 cm³/mol. The maximum Gasteiger partial charge on any atom is 0.233 e. The third kappa shape index (κ3) is 2.93. The van der Waals surface area contributed by atoms with Crippen LogP contribution >= 0.6 is 0 Å². The molecule has 0 radical (unpaired) electrons. The van der Waals surface area contributed by atoms with Crippen molar-refractivity contribution in [2.24, 2.45) is 5.73 Å². The maximum atomic E-state index is 11.3. The van der Waals surface area contributed by atoms with E-state index in [2.05, 4.69) is 41.3 Å². The summed E-state index contributed by atoms with van der Waals surface area (Å²) in [4.78, 5) is 18.9. The number of nitrogens with zero attached hydrogens (tertiary/aromatic N) is 1. The monoisotopic (exact) mass is 260 g/mol. The number of aromatic amines is 1. The molecule has 0 aliphatic carbocycles. The molecule has 0 bridgehead atoms. The van der Waals surface area contributed by atoms with Crippen LogP contribution in [-0.4, -0.2) is 29.0 Å². The molecule has 0 aliphatic rings. The van der Waals surface area contributed by atoms with Crippen molar-refractivity contribution in [2.75, 3.05) is 13.1 Å². The molecule has 102 valence electrons. The van der Waals surface area contributed by atoms with Crippen LogP contribution in [0, 0.1) is 6.92 Å². The fraction of sp³-hybridized carbons (Fsp3) is 0.429. The lowest BCUT2D eigenvalue weighted by atomic mass is 9.84. The Hall–Kier alpha value is -1.88. The van der Waals surface area contributed by atoms with Gasteiger partial charge >= 0.3 is 0 Å². The zero-order valence-corrected chi connectivity index (χ0v) is 11.6. The van der Waals surface area contributed by atoms with Crippen LogP contribution in [0.15, 0.2) is 18.2 Å². The lowest BCUT2D eigenvalue weighted by Gasteiger charge is -2.25. The molecule has 0 saturated heterocycles. The topological polar surface area (TPSA) is 83.8 Å². The number of hydrogen-bond acceptors (Lipinski definition) is 3. The number of carbonyl (C=O) groups is 1. The molecule has 0 aliphatic heterocycles. The first-order valence-corrected chi connectivity index (χ1v) is 6.36. The number of imidazole rings is 1. The van der Waals surface area contributed by atoms with Gasteiger partial charge in [0.2, 0.25) is 5.91 Å². The van der Waals surface area contributed by atoms with Crippen molar-refractivity contribution in [3.63, 3.8) is 0 Å². The van der Waals surface area contributed by atoms with Gasteiger partial charge in [-0.15, -0.1) is 0 Å². The smallest absolute Gasteiger partial charge is 0.233 e. The minimum absolute atomic E-state index is 0.0227. The molecule has 0 fully saturated rings. The lowest BCUT2D eigenvalue weighted by Crippen LogP contribution is -2.39. The van der Waals surface area contributed by atoms with Gasteiger partial charge in [-0.2, -0.15) is 0 Å². The normalized spacial score (nSPS) is 11.8. The van der Waals surface area contributed by atoms with Gasteiger partial charge in [-0.1, -0.05) is 19.9 Å². The third-order valence-electron chi connectivity index (χ3n) is 3.29. The number of hydrogen-bond donors (Lipinski definition) is 3. The molecule has 0 saturated carbocycles. The van der Waals surface area contributed by atoms with Crippen LogP contribution in [0.3, 0.4) is 0 Å². The molecule has 19 heavy (non-hydrogen) atoms. The van der Waals surface area contributed by atoms with Gasteiger partial charge in [0.25, 0.3) is 0 Å². The zero-order valence-electron chi connectivity index (χ0n) is 11.6. The van der Waals surface area contributed by atoms with E-state index in [4.69, 9.17) is 5.73 Å². The minimum atomic E-state index is -0.155. The number of aryl methyl sites for hydroxylation is 1. The standard InChI is InChI=1S/C14H20N4O/c1-9-17-11-5-4-10(6-12(11)18-9)14(2,3)8-16-13(19)7-15/h4-6H,7-8,15H2,1-3H3,(H,16,19)(H,17,18). The number of carbonyl (C=O) groups excluding carboxylic acids is 1. The molecular weight excluding hydrogens is 240 g/mol. The SMILES string of the molecule is Cc1nc2ccc(C(C)(C)CNC(=O)CN)cc2[nH]1. The molecule has 0 atom stereocenters. The Labute approximate surface area is 112 Å². The van der Waals surface area contributed by atoms with E-state index in [0.717, 1.165) is 22.4 Å². The lowest BCUT2D eigenvalue weighted by molar-refractivity contribution is -0.119. The quantitative estimate of drug-likeness (QED) is 0.773. The molecular formula is C14H20N4O. The van der Waals surface area contributed by atoms with Crippen molar-refractivity contribution >= 4 is 16.9 Å². The van der Waals surface area contributed by atoms with Crippen molar-refractivity contribution < 1.29 is 4.79 Å². The number of fused-ring (bicyclic) bond motifs is 1. The molecule has 4 N–H and O–H groups in total. The average Bonchev–Trinajstić information content (AvgIpc) is 2.74. The summed E-state index contributed by atoms with van der Waals surface area (Å²) in [5, 5.41) is 2.83. The highest BCUT2D eigenvalue weighted by atomic mass is 16.1. The van der Waals surface area contributed by atoms with Gasteiger partial charge in [0.15, 0.2) is 0 Å². The van der Waals surface area contributed by atoms with Gasteiger partial charge in [0, 0.05) is 12.0 Å². The molecule has 1 aromatic carbocycles. The van der Waals surface area contributed by atoms with Crippen LogP contribution in [0.4, 0.5) is 0 Å². The summed E-state index contributed by atoms with van der Waals surface area (Å²) >= 11 is 0. The minimum Gasteiger partial charge on any atom is -0.354 e. The number of benzene rings is 1. The Kier molecular flexibility index (Phi) is 3.57. The molecule has 2 rings (SSSR count). The summed E-state index contributed by atoms with van der Waals surface area (Å²) in [5.74, 6) is 0.771. The molecule has 1 amide bonds. The van der Waals surface area contributed by atoms with Crippen molar-refractivity contribution in [1.82, 2.24) is 15.3 Å². The third-order valence-corrected chi connectivity index (χ3v) is 3.29. The van der Waals surface area contributed by atoms with Gasteiger partial charge in [0.05, 0.1) is 17.6 Å². The van der Waals surface area contributed by atoms with E-state index < -0.39 is 0 Å². The summed E-state index contributed by atoms with van der Waals surface area (Å²) in [6.07, 6.45) is 0. The number of aromatic nitrogens is 2. The second kappa shape index (κ2) is 5.01. The molecule has 1 aromatic heterocycles. The van der Waals surface area contributed by atoms with Crippen LogP contribution in [0.25, 0.3) is 11.0 Å². The summed E-state index contributed by atoms with van der Waals surface area (Å²) < 4.78 is 0. The predicted octanol–water partition coefficient (Wildman–Crippen LogP) is 1.22. The largest absolute Gasteiger partial charge is 0.354 e. The first-order chi connectivity index (χ1) is 8.92. The van der Waals surface area contributed by atoms with E-state index in [1.54, 1.807) is 0 Å². The van der Waals surface area contributed by atoms with Crippen LogP contribution in [0.2, 0.25) is 0 Å². The summed E-state index contributed by atoms with van der Waals surface area (Å²) in [5.41, 5.74) is 8.27. The Morgan fingerprint density at radius 3 is 2.89 bits per heavy atom. The van der Waals surface area contributed by atoms with E-state index in [1.807, 2.05) is 13.0 Å². The number of nitrogens with one attached hydrogen (secondary N) is 2. The van der Waals surface area contributed by atoms with Crippen LogP contribution in [0.5, 0.6) is 0 Å². The van der Waals surface area contributed by atoms with E-state index in [1.165, 1.54) is 0 Å². The van der Waals surface area contributed by atoms with Crippen LogP contribution in [-0.2, 0) is 10.2 Å². The second-order valence-electron chi connectivity index (χ2n) is 5.42. The first kappa shape index (κ1) is 13.5. The molecule has 5 nitrogen and oxygen atoms in total. The molecule has 5 heteroatoms. The van der Waals surface area contributed by atoms with Gasteiger partial charge in [-0.25, -0.2) is 4.98 Å². The highest BCUT2D eigenvalue weighted by Crippen LogP contribution is 2.25. The van der Waals surface area contributed by atoms with Crippen molar-refractivity contribution in [1.29, 1.82) is 0 Å². The summed E-state index contributed by atoms with van der Waals surface area (Å²) in [7, 11) is 0. The van der Waals surface area contributed by atoms with Crippen molar-refractivity contribution in [3.05, 3.63) is 29.6 Å². The van der Waals surface area contributed by atoms with Gasteiger partial charge in [-0.05, 0) is 24.6 Å². The highest BCUT2D eigenvalue weighted by molar-refractivity contribution is 5.78. The Morgan fingerprint density at radius 2 is 2.21 bits per heavy atom. The molecule has 2 aromatic rings. The van der Waals surface area contributed by atoms with Crippen LogP contribution in [0.1, 0.15) is 25.2 Å².